The molecule has 0 unspecified atom stereocenters. The van der Waals surface area contributed by atoms with E-state index in [4.69, 9.17) is 4.74 Å². The number of rotatable bonds is 2. The zero-order valence-electron chi connectivity index (χ0n) is 10.00. The summed E-state index contributed by atoms with van der Waals surface area (Å²) in [7, 11) is 0. The molecular formula is C11H18N2O2. The Hall–Kier alpha value is -1.32. The standard InChI is InChI=1S/C11H18N2O2/c1-6-15-10(14)9-7-8(2)13(12-9)11(3,4)5/h7H,6H2,1-5H3. The number of aryl methyl sites for hydroxylation is 1. The molecule has 0 saturated heterocycles. The van der Waals surface area contributed by atoms with Crippen LogP contribution in [0.3, 0.4) is 0 Å². The Bertz CT molecular complexity index is 361. The van der Waals surface area contributed by atoms with Gasteiger partial charge in [0.1, 0.15) is 0 Å². The normalized spacial score (nSPS) is 11.5. The molecule has 0 N–H and O–H groups in total. The first-order valence-corrected chi connectivity index (χ1v) is 5.10. The summed E-state index contributed by atoms with van der Waals surface area (Å²) >= 11 is 0. The van der Waals surface area contributed by atoms with Crippen molar-refractivity contribution in [2.45, 2.75) is 40.2 Å². The van der Waals surface area contributed by atoms with Crippen LogP contribution in [0.4, 0.5) is 0 Å². The van der Waals surface area contributed by atoms with Gasteiger partial charge >= 0.3 is 5.97 Å². The van der Waals surface area contributed by atoms with E-state index < -0.39 is 0 Å². The molecule has 0 aliphatic heterocycles. The van der Waals surface area contributed by atoms with Gasteiger partial charge in [-0.2, -0.15) is 5.10 Å². The minimum Gasteiger partial charge on any atom is -0.461 e. The molecule has 0 aromatic carbocycles. The van der Waals surface area contributed by atoms with Crippen LogP contribution in [0.25, 0.3) is 0 Å². The fourth-order valence-corrected chi connectivity index (χ4v) is 1.46. The highest BCUT2D eigenvalue weighted by Crippen LogP contribution is 2.17. The first-order chi connectivity index (χ1) is 6.86. The molecule has 15 heavy (non-hydrogen) atoms. The van der Waals surface area contributed by atoms with Gasteiger partial charge < -0.3 is 4.74 Å². The highest BCUT2D eigenvalue weighted by atomic mass is 16.5. The molecule has 0 aliphatic rings. The van der Waals surface area contributed by atoms with Gasteiger partial charge in [-0.3, -0.25) is 4.68 Å². The Labute approximate surface area is 90.2 Å². The van der Waals surface area contributed by atoms with Crippen molar-refractivity contribution in [1.82, 2.24) is 9.78 Å². The van der Waals surface area contributed by atoms with Crippen molar-refractivity contribution in [2.24, 2.45) is 0 Å². The summed E-state index contributed by atoms with van der Waals surface area (Å²) in [4.78, 5) is 11.4. The van der Waals surface area contributed by atoms with Crippen LogP contribution >= 0.6 is 0 Å². The number of carbonyl (C=O) groups excluding carboxylic acids is 1. The third-order valence-electron chi connectivity index (χ3n) is 2.01. The zero-order valence-corrected chi connectivity index (χ0v) is 10.00. The van der Waals surface area contributed by atoms with Crippen LogP contribution in [0.2, 0.25) is 0 Å². The van der Waals surface area contributed by atoms with Gasteiger partial charge in [-0.15, -0.1) is 0 Å². The molecule has 0 saturated carbocycles. The topological polar surface area (TPSA) is 44.1 Å². The Morgan fingerprint density at radius 3 is 2.53 bits per heavy atom. The predicted octanol–water partition coefficient (Wildman–Crippen LogP) is 2.12. The van der Waals surface area contributed by atoms with Gasteiger partial charge in [0.2, 0.25) is 0 Å². The minimum atomic E-state index is -0.358. The van der Waals surface area contributed by atoms with Gasteiger partial charge in [0.25, 0.3) is 0 Å². The molecule has 4 nitrogen and oxygen atoms in total. The highest BCUT2D eigenvalue weighted by Gasteiger charge is 2.20. The summed E-state index contributed by atoms with van der Waals surface area (Å²) in [6, 6.07) is 1.75. The fraction of sp³-hybridized carbons (Fsp3) is 0.636. The van der Waals surface area contributed by atoms with E-state index in [-0.39, 0.29) is 11.5 Å². The zero-order chi connectivity index (χ0) is 11.6. The van der Waals surface area contributed by atoms with Gasteiger partial charge in [-0.1, -0.05) is 0 Å². The van der Waals surface area contributed by atoms with Crippen LogP contribution < -0.4 is 0 Å². The van der Waals surface area contributed by atoms with Crippen molar-refractivity contribution in [3.8, 4) is 0 Å². The summed E-state index contributed by atoms with van der Waals surface area (Å²) in [5.41, 5.74) is 1.23. The van der Waals surface area contributed by atoms with E-state index in [9.17, 15) is 4.79 Å². The number of hydrogen-bond acceptors (Lipinski definition) is 3. The molecular weight excluding hydrogens is 192 g/mol. The maximum Gasteiger partial charge on any atom is 0.358 e. The number of carbonyl (C=O) groups is 1. The second-order valence-corrected chi connectivity index (χ2v) is 4.47. The number of hydrogen-bond donors (Lipinski definition) is 0. The number of aromatic nitrogens is 2. The van der Waals surface area contributed by atoms with E-state index in [0.29, 0.717) is 12.3 Å². The van der Waals surface area contributed by atoms with Crippen molar-refractivity contribution in [2.75, 3.05) is 6.61 Å². The summed E-state index contributed by atoms with van der Waals surface area (Å²) in [6.07, 6.45) is 0. The third kappa shape index (κ3) is 2.58. The van der Waals surface area contributed by atoms with Crippen molar-refractivity contribution in [3.63, 3.8) is 0 Å². The molecule has 1 heterocycles. The SMILES string of the molecule is CCOC(=O)c1cc(C)n(C(C)(C)C)n1. The van der Waals surface area contributed by atoms with E-state index in [1.54, 1.807) is 13.0 Å². The summed E-state index contributed by atoms with van der Waals surface area (Å²) in [5, 5.41) is 4.24. The van der Waals surface area contributed by atoms with Crippen molar-refractivity contribution in [3.05, 3.63) is 17.5 Å². The van der Waals surface area contributed by atoms with Gasteiger partial charge in [0, 0.05) is 5.69 Å². The van der Waals surface area contributed by atoms with Crippen LogP contribution in [-0.4, -0.2) is 22.4 Å². The molecule has 0 aliphatic carbocycles. The Morgan fingerprint density at radius 1 is 1.53 bits per heavy atom. The molecule has 0 radical (unpaired) electrons. The lowest BCUT2D eigenvalue weighted by Crippen LogP contribution is -2.24. The van der Waals surface area contributed by atoms with Crippen molar-refractivity contribution in [1.29, 1.82) is 0 Å². The maximum atomic E-state index is 11.4. The lowest BCUT2D eigenvalue weighted by molar-refractivity contribution is 0.0517. The molecule has 1 rings (SSSR count). The minimum absolute atomic E-state index is 0.116. The average molecular weight is 210 g/mol. The quantitative estimate of drug-likeness (QED) is 0.702. The second-order valence-electron chi connectivity index (χ2n) is 4.47. The monoisotopic (exact) mass is 210 g/mol. The first-order valence-electron chi connectivity index (χ1n) is 5.10. The summed E-state index contributed by atoms with van der Waals surface area (Å²) in [5.74, 6) is -0.358. The van der Waals surface area contributed by atoms with Gasteiger partial charge in [-0.25, -0.2) is 4.79 Å². The summed E-state index contributed by atoms with van der Waals surface area (Å²) in [6.45, 7) is 10.2. The average Bonchev–Trinajstić information content (AvgIpc) is 2.47. The van der Waals surface area contributed by atoms with E-state index >= 15 is 0 Å². The van der Waals surface area contributed by atoms with E-state index in [2.05, 4.69) is 5.10 Å². The van der Waals surface area contributed by atoms with Gasteiger partial charge in [0.15, 0.2) is 5.69 Å². The third-order valence-corrected chi connectivity index (χ3v) is 2.01. The molecule has 0 bridgehead atoms. The van der Waals surface area contributed by atoms with E-state index in [1.165, 1.54) is 0 Å². The number of nitrogens with zero attached hydrogens (tertiary/aromatic N) is 2. The molecule has 84 valence electrons. The van der Waals surface area contributed by atoms with Crippen LogP contribution in [0.15, 0.2) is 6.07 Å². The fourth-order valence-electron chi connectivity index (χ4n) is 1.46. The van der Waals surface area contributed by atoms with Gasteiger partial charge in [-0.05, 0) is 40.7 Å². The highest BCUT2D eigenvalue weighted by molar-refractivity contribution is 5.87. The Balaban J connectivity index is 3.01. The van der Waals surface area contributed by atoms with E-state index in [0.717, 1.165) is 5.69 Å². The van der Waals surface area contributed by atoms with Gasteiger partial charge in [0.05, 0.1) is 12.1 Å². The Kier molecular flexibility index (Phi) is 3.17. The molecule has 0 fully saturated rings. The molecule has 0 spiro atoms. The van der Waals surface area contributed by atoms with Crippen molar-refractivity contribution < 1.29 is 9.53 Å². The Morgan fingerprint density at radius 2 is 2.13 bits per heavy atom. The predicted molar refractivity (Wildman–Crippen MR) is 57.9 cm³/mol. The number of ether oxygens (including phenoxy) is 1. The smallest absolute Gasteiger partial charge is 0.358 e. The van der Waals surface area contributed by atoms with E-state index in [1.807, 2.05) is 32.4 Å². The maximum absolute atomic E-state index is 11.4. The lowest BCUT2D eigenvalue weighted by atomic mass is 10.1. The first kappa shape index (κ1) is 11.8. The molecule has 0 atom stereocenters. The van der Waals surface area contributed by atoms with Crippen LogP contribution in [0.1, 0.15) is 43.9 Å². The number of esters is 1. The van der Waals surface area contributed by atoms with Crippen LogP contribution in [-0.2, 0) is 10.3 Å². The molecule has 1 aromatic heterocycles. The second kappa shape index (κ2) is 4.04. The lowest BCUT2D eigenvalue weighted by Gasteiger charge is -2.20. The van der Waals surface area contributed by atoms with Crippen LogP contribution in [0, 0.1) is 6.92 Å². The molecule has 1 aromatic rings. The summed E-state index contributed by atoms with van der Waals surface area (Å²) < 4.78 is 6.73. The van der Waals surface area contributed by atoms with Crippen LogP contribution in [0.5, 0.6) is 0 Å². The molecule has 4 heteroatoms. The van der Waals surface area contributed by atoms with Crippen molar-refractivity contribution >= 4 is 5.97 Å². The molecule has 0 amide bonds. The largest absolute Gasteiger partial charge is 0.461 e.